The van der Waals surface area contributed by atoms with E-state index in [-0.39, 0.29) is 53.8 Å². The maximum Gasteiger partial charge on any atom is 0.233 e. The average Bonchev–Trinajstić information content (AvgIpc) is 3.16. The molecule has 1 fully saturated rings. The van der Waals surface area contributed by atoms with Crippen molar-refractivity contribution in [2.45, 2.75) is 39.0 Å². The van der Waals surface area contributed by atoms with Crippen LogP contribution < -0.4 is 0 Å². The largest absolute Gasteiger partial charge is 0.508 e. The number of hydrogen-bond donors (Lipinski definition) is 2. The first kappa shape index (κ1) is 25.0. The predicted octanol–water partition coefficient (Wildman–Crippen LogP) is 4.08. The number of amides is 2. The predicted molar refractivity (Wildman–Crippen MR) is 143 cm³/mol. The Morgan fingerprint density at radius 1 is 0.923 bits per heavy atom. The number of nitrogens with zero attached hydrogens (tertiary/aromatic N) is 1. The fourth-order valence-electron chi connectivity index (χ4n) is 6.81. The summed E-state index contributed by atoms with van der Waals surface area (Å²) < 4.78 is 0. The van der Waals surface area contributed by atoms with Gasteiger partial charge >= 0.3 is 0 Å². The molecular weight excluding hydrogens is 494 g/mol. The van der Waals surface area contributed by atoms with Crippen LogP contribution >= 0.6 is 0 Å². The molecule has 7 nitrogen and oxygen atoms in total. The summed E-state index contributed by atoms with van der Waals surface area (Å²) in [5.41, 5.74) is 4.49. The SMILES string of the molecule is CC1=CC(=O)C2=C(C[C@@H]3C(=CC[C@@H]4C(=O)N(CCc5ccc(O)cc5)C(=O)[C@@H]43)[C@@H]2c2ccc(O)c(C)c2)C1=O. The number of hydrogen-bond acceptors (Lipinski definition) is 6. The van der Waals surface area contributed by atoms with E-state index in [9.17, 15) is 29.4 Å². The molecule has 0 bridgehead atoms. The number of phenols is 2. The zero-order chi connectivity index (χ0) is 27.6. The van der Waals surface area contributed by atoms with Crippen molar-refractivity contribution < 1.29 is 29.4 Å². The van der Waals surface area contributed by atoms with Gasteiger partial charge in [0.2, 0.25) is 11.8 Å². The van der Waals surface area contributed by atoms with Crippen LogP contribution in [0, 0.1) is 24.7 Å². The molecule has 0 radical (unpaired) electrons. The minimum absolute atomic E-state index is 0.139. The van der Waals surface area contributed by atoms with Crippen LogP contribution in [0.1, 0.15) is 42.4 Å². The third kappa shape index (κ3) is 3.95. The van der Waals surface area contributed by atoms with Crippen LogP contribution in [0.15, 0.2) is 76.9 Å². The van der Waals surface area contributed by atoms with Crippen LogP contribution in [-0.4, -0.2) is 45.0 Å². The number of imide groups is 1. The van der Waals surface area contributed by atoms with Crippen LogP contribution in [-0.2, 0) is 25.6 Å². The molecule has 0 aromatic heterocycles. The van der Waals surface area contributed by atoms with Crippen molar-refractivity contribution in [2.24, 2.45) is 17.8 Å². The van der Waals surface area contributed by atoms with E-state index >= 15 is 0 Å². The van der Waals surface area contributed by atoms with Crippen LogP contribution in [0.25, 0.3) is 0 Å². The molecule has 0 unspecified atom stereocenters. The summed E-state index contributed by atoms with van der Waals surface area (Å²) in [7, 11) is 0. The van der Waals surface area contributed by atoms with E-state index in [1.165, 1.54) is 11.0 Å². The molecule has 0 saturated carbocycles. The highest BCUT2D eigenvalue weighted by molar-refractivity contribution is 6.23. The van der Waals surface area contributed by atoms with Crippen molar-refractivity contribution in [1.29, 1.82) is 0 Å². The second kappa shape index (κ2) is 9.19. The number of Topliss-reactive ketones (excluding diaryl/α,β-unsaturated/α-hetero) is 1. The summed E-state index contributed by atoms with van der Waals surface area (Å²) in [5.74, 6) is -2.52. The Morgan fingerprint density at radius 3 is 2.38 bits per heavy atom. The molecule has 1 saturated heterocycles. The van der Waals surface area contributed by atoms with E-state index < -0.39 is 17.8 Å². The monoisotopic (exact) mass is 523 g/mol. The van der Waals surface area contributed by atoms with Crippen LogP contribution in [0.5, 0.6) is 11.5 Å². The number of phenolic OH excluding ortho intramolecular Hbond substituents is 2. The Morgan fingerprint density at radius 2 is 1.67 bits per heavy atom. The Balaban J connectivity index is 1.38. The number of aromatic hydroxyl groups is 2. The van der Waals surface area contributed by atoms with E-state index in [1.54, 1.807) is 50.2 Å². The van der Waals surface area contributed by atoms with Gasteiger partial charge in [-0.1, -0.05) is 35.9 Å². The number of ketones is 2. The lowest BCUT2D eigenvalue weighted by molar-refractivity contribution is -0.140. The Labute approximate surface area is 226 Å². The van der Waals surface area contributed by atoms with E-state index in [1.807, 2.05) is 12.1 Å². The maximum atomic E-state index is 13.8. The van der Waals surface area contributed by atoms with Gasteiger partial charge in [0.05, 0.1) is 11.8 Å². The summed E-state index contributed by atoms with van der Waals surface area (Å²) in [6.45, 7) is 3.65. The third-order valence-electron chi connectivity index (χ3n) is 8.77. The van der Waals surface area contributed by atoms with Crippen LogP contribution in [0.4, 0.5) is 0 Å². The van der Waals surface area contributed by atoms with Crippen molar-refractivity contribution in [3.63, 3.8) is 0 Å². The summed E-state index contributed by atoms with van der Waals surface area (Å²) in [5, 5.41) is 19.7. The van der Waals surface area contributed by atoms with Crippen molar-refractivity contribution in [2.75, 3.05) is 6.54 Å². The first-order chi connectivity index (χ1) is 18.7. The Hall–Kier alpha value is -4.26. The molecule has 7 heteroatoms. The number of fused-ring (bicyclic) bond motifs is 3. The lowest BCUT2D eigenvalue weighted by Gasteiger charge is -2.42. The van der Waals surface area contributed by atoms with Crippen molar-refractivity contribution in [1.82, 2.24) is 4.90 Å². The number of benzene rings is 2. The number of allylic oxidation sites excluding steroid dienone is 6. The van der Waals surface area contributed by atoms with Gasteiger partial charge in [-0.2, -0.15) is 0 Å². The van der Waals surface area contributed by atoms with Gasteiger partial charge in [-0.05, 0) is 80.0 Å². The topological polar surface area (TPSA) is 112 Å². The summed E-state index contributed by atoms with van der Waals surface area (Å²) in [6, 6.07) is 11.9. The molecule has 198 valence electrons. The molecule has 2 N–H and O–H groups in total. The molecule has 4 aliphatic rings. The number of carbonyl (C=O) groups excluding carboxylic acids is 4. The molecule has 1 aliphatic heterocycles. The van der Waals surface area contributed by atoms with Gasteiger partial charge in [0, 0.05) is 29.2 Å². The highest BCUT2D eigenvalue weighted by Crippen LogP contribution is 2.55. The first-order valence-electron chi connectivity index (χ1n) is 13.3. The fraction of sp³-hybridized carbons (Fsp3) is 0.312. The molecule has 0 spiro atoms. The van der Waals surface area contributed by atoms with E-state index in [0.717, 1.165) is 16.7 Å². The highest BCUT2D eigenvalue weighted by atomic mass is 16.3. The molecule has 2 amide bonds. The van der Waals surface area contributed by atoms with E-state index in [2.05, 4.69) is 0 Å². The first-order valence-corrected chi connectivity index (χ1v) is 13.3. The minimum atomic E-state index is -0.596. The summed E-state index contributed by atoms with van der Waals surface area (Å²) >= 11 is 0. The summed E-state index contributed by atoms with van der Waals surface area (Å²) in [4.78, 5) is 55.3. The molecular formula is C32H29NO6. The van der Waals surface area contributed by atoms with Gasteiger partial charge in [-0.15, -0.1) is 0 Å². The van der Waals surface area contributed by atoms with Crippen molar-refractivity contribution in [3.05, 3.63) is 93.6 Å². The molecule has 6 rings (SSSR count). The molecule has 2 aromatic carbocycles. The molecule has 2 aromatic rings. The van der Waals surface area contributed by atoms with Gasteiger partial charge < -0.3 is 10.2 Å². The number of likely N-dealkylation sites (tertiary alicyclic amines) is 1. The average molecular weight is 524 g/mol. The van der Waals surface area contributed by atoms with Crippen molar-refractivity contribution in [3.8, 4) is 11.5 Å². The molecule has 3 aliphatic carbocycles. The smallest absolute Gasteiger partial charge is 0.233 e. The quantitative estimate of drug-likeness (QED) is 0.355. The number of carbonyl (C=O) groups is 4. The molecule has 39 heavy (non-hydrogen) atoms. The Bertz CT molecular complexity index is 1540. The normalized spacial score (nSPS) is 26.3. The van der Waals surface area contributed by atoms with Gasteiger partial charge in [0.1, 0.15) is 11.5 Å². The molecule has 1 heterocycles. The number of rotatable bonds is 4. The second-order valence-corrected chi connectivity index (χ2v) is 11.0. The second-order valence-electron chi connectivity index (χ2n) is 11.0. The lowest BCUT2D eigenvalue weighted by atomic mass is 9.59. The maximum absolute atomic E-state index is 13.8. The van der Waals surface area contributed by atoms with Gasteiger partial charge in [-0.3, -0.25) is 24.1 Å². The number of aryl methyl sites for hydroxylation is 1. The third-order valence-corrected chi connectivity index (χ3v) is 8.77. The van der Waals surface area contributed by atoms with E-state index in [4.69, 9.17) is 0 Å². The van der Waals surface area contributed by atoms with Gasteiger partial charge in [0.25, 0.3) is 0 Å². The van der Waals surface area contributed by atoms with Crippen LogP contribution in [0.2, 0.25) is 0 Å². The Kier molecular flexibility index (Phi) is 5.90. The van der Waals surface area contributed by atoms with Crippen molar-refractivity contribution >= 4 is 23.4 Å². The minimum Gasteiger partial charge on any atom is -0.508 e. The lowest BCUT2D eigenvalue weighted by Crippen LogP contribution is -2.40. The summed E-state index contributed by atoms with van der Waals surface area (Å²) in [6.07, 6.45) is 4.51. The zero-order valence-electron chi connectivity index (χ0n) is 21.8. The molecule has 4 atom stereocenters. The van der Waals surface area contributed by atoms with E-state index in [0.29, 0.717) is 35.1 Å². The standard InChI is InChI=1S/C32H29NO6/c1-16-13-19(5-10-25(16)35)27-21-8-9-22-28(23(21)15-24-29(27)26(36)14-17(2)30(24)37)32(39)33(31(22)38)12-11-18-3-6-20(34)7-4-18/h3-8,10,13-14,22-23,27-28,34-35H,9,11-12,15H2,1-2H3/t22-,23+,27-,28-/m0/s1. The highest BCUT2D eigenvalue weighted by Gasteiger charge is 2.56. The fourth-order valence-corrected chi connectivity index (χ4v) is 6.81. The zero-order valence-corrected chi connectivity index (χ0v) is 21.8. The van der Waals surface area contributed by atoms with Crippen LogP contribution in [0.3, 0.4) is 0 Å². The van der Waals surface area contributed by atoms with Gasteiger partial charge in [0.15, 0.2) is 11.6 Å². The van der Waals surface area contributed by atoms with Gasteiger partial charge in [-0.25, -0.2) is 0 Å².